The Morgan fingerprint density at radius 2 is 1.69 bits per heavy atom. The summed E-state index contributed by atoms with van der Waals surface area (Å²) in [6.07, 6.45) is 0. The van der Waals surface area contributed by atoms with Crippen LogP contribution in [-0.2, 0) is 10.0 Å². The monoisotopic (exact) mass is 235 g/mol. The zero-order valence-electron chi connectivity index (χ0n) is 6.58. The lowest BCUT2D eigenvalue weighted by atomic mass is 10.4. The lowest BCUT2D eigenvalue weighted by Crippen LogP contribution is -2.27. The molecule has 0 heterocycles. The van der Waals surface area contributed by atoms with Gasteiger partial charge in [-0.25, -0.2) is 8.42 Å². The van der Waals surface area contributed by atoms with Gasteiger partial charge in [0.25, 0.3) is 0 Å². The minimum atomic E-state index is -3.46. The highest BCUT2D eigenvalue weighted by Gasteiger charge is 2.14. The summed E-state index contributed by atoms with van der Waals surface area (Å²) in [7, 11) is -3.46. The Morgan fingerprint density at radius 1 is 1.15 bits per heavy atom. The summed E-state index contributed by atoms with van der Waals surface area (Å²) in [6.45, 7) is 0. The van der Waals surface area contributed by atoms with Crippen LogP contribution in [0.3, 0.4) is 0 Å². The predicted octanol–water partition coefficient (Wildman–Crippen LogP) is 1.11. The summed E-state index contributed by atoms with van der Waals surface area (Å²) in [5.41, 5.74) is 0. The van der Waals surface area contributed by atoms with Gasteiger partial charge in [0, 0.05) is 0 Å². The van der Waals surface area contributed by atoms with Crippen molar-refractivity contribution in [1.82, 2.24) is 4.72 Å². The van der Waals surface area contributed by atoms with E-state index in [2.05, 4.69) is 30.0 Å². The summed E-state index contributed by atoms with van der Waals surface area (Å²) in [6, 6.07) is 8.07. The maximum atomic E-state index is 11.4. The van der Waals surface area contributed by atoms with Crippen LogP contribution >= 0.6 is 25.3 Å². The second-order valence-electron chi connectivity index (χ2n) is 2.31. The van der Waals surface area contributed by atoms with Gasteiger partial charge >= 0.3 is 0 Å². The van der Waals surface area contributed by atoms with Crippen molar-refractivity contribution in [3.8, 4) is 0 Å². The Morgan fingerprint density at radius 3 is 2.15 bits per heavy atom. The number of nitrogens with one attached hydrogen (secondary N) is 1. The van der Waals surface area contributed by atoms with Gasteiger partial charge in [-0.15, -0.1) is 25.3 Å². The maximum Gasteiger partial charge on any atom is 0.242 e. The van der Waals surface area contributed by atoms with Crippen LogP contribution in [0.1, 0.15) is 0 Å². The van der Waals surface area contributed by atoms with Gasteiger partial charge in [0.2, 0.25) is 10.0 Å². The molecular weight excluding hydrogens is 226 g/mol. The van der Waals surface area contributed by atoms with Crippen molar-refractivity contribution < 1.29 is 8.42 Å². The molecule has 72 valence electrons. The number of benzene rings is 1. The summed E-state index contributed by atoms with van der Waals surface area (Å²) in [5, 5.41) is 0. The fourth-order valence-electron chi connectivity index (χ4n) is 0.806. The maximum absolute atomic E-state index is 11.4. The third-order valence-corrected chi connectivity index (χ3v) is 3.36. The fraction of sp³-hybridized carbons (Fsp3) is 0.143. The van der Waals surface area contributed by atoms with E-state index in [0.717, 1.165) is 0 Å². The molecule has 0 bridgehead atoms. The summed E-state index contributed by atoms with van der Waals surface area (Å²) in [5.74, 6) is 0. The molecule has 0 aromatic heterocycles. The van der Waals surface area contributed by atoms with Gasteiger partial charge in [0.1, 0.15) is 4.71 Å². The Labute approximate surface area is 88.4 Å². The quantitative estimate of drug-likeness (QED) is 0.543. The van der Waals surface area contributed by atoms with Crippen LogP contribution in [0.4, 0.5) is 0 Å². The molecule has 0 aliphatic rings. The predicted molar refractivity (Wildman–Crippen MR) is 58.5 cm³/mol. The van der Waals surface area contributed by atoms with E-state index in [-0.39, 0.29) is 4.90 Å². The molecule has 6 heteroatoms. The SMILES string of the molecule is O=S(=O)(NC(S)S)c1ccccc1. The van der Waals surface area contributed by atoms with Gasteiger partial charge < -0.3 is 0 Å². The van der Waals surface area contributed by atoms with E-state index in [4.69, 9.17) is 0 Å². The van der Waals surface area contributed by atoms with Crippen molar-refractivity contribution in [3.63, 3.8) is 0 Å². The van der Waals surface area contributed by atoms with Crippen molar-refractivity contribution in [2.45, 2.75) is 9.60 Å². The van der Waals surface area contributed by atoms with Gasteiger partial charge in [-0.1, -0.05) is 18.2 Å². The molecule has 0 aliphatic carbocycles. The molecule has 0 saturated heterocycles. The molecule has 1 aromatic carbocycles. The summed E-state index contributed by atoms with van der Waals surface area (Å²) >= 11 is 7.63. The van der Waals surface area contributed by atoms with Crippen LogP contribution in [0.15, 0.2) is 35.2 Å². The average Bonchev–Trinajstić information content (AvgIpc) is 2.04. The second-order valence-corrected chi connectivity index (χ2v) is 5.46. The molecular formula is C7H9NO2S3. The molecule has 0 spiro atoms. The minimum Gasteiger partial charge on any atom is -0.207 e. The Balaban J connectivity index is 2.96. The van der Waals surface area contributed by atoms with Crippen LogP contribution in [0.25, 0.3) is 0 Å². The molecule has 1 rings (SSSR count). The first-order chi connectivity index (χ1) is 6.02. The second kappa shape index (κ2) is 4.36. The Kier molecular flexibility index (Phi) is 3.66. The van der Waals surface area contributed by atoms with E-state index in [1.807, 2.05) is 0 Å². The fourth-order valence-corrected chi connectivity index (χ4v) is 2.57. The third-order valence-electron chi connectivity index (χ3n) is 1.31. The number of thiol groups is 2. The standard InChI is InChI=1S/C7H9NO2S3/c9-13(10,8-7(11)12)6-4-2-1-3-5-6/h1-5,7-8,11-12H. The topological polar surface area (TPSA) is 46.2 Å². The van der Waals surface area contributed by atoms with Crippen LogP contribution < -0.4 is 4.72 Å². The van der Waals surface area contributed by atoms with Crippen molar-refractivity contribution >= 4 is 35.3 Å². The number of rotatable bonds is 3. The van der Waals surface area contributed by atoms with Gasteiger partial charge in [-0.05, 0) is 12.1 Å². The van der Waals surface area contributed by atoms with Crippen molar-refractivity contribution in [1.29, 1.82) is 0 Å². The molecule has 1 aromatic rings. The Bertz CT molecular complexity index is 361. The average molecular weight is 235 g/mol. The normalized spacial score (nSPS) is 11.9. The van der Waals surface area contributed by atoms with Crippen LogP contribution in [0.2, 0.25) is 0 Å². The highest BCUT2D eigenvalue weighted by Crippen LogP contribution is 2.09. The molecule has 13 heavy (non-hydrogen) atoms. The van der Waals surface area contributed by atoms with Crippen molar-refractivity contribution in [2.24, 2.45) is 0 Å². The van der Waals surface area contributed by atoms with E-state index in [1.165, 1.54) is 12.1 Å². The molecule has 0 fully saturated rings. The van der Waals surface area contributed by atoms with E-state index >= 15 is 0 Å². The number of sulfonamides is 1. The molecule has 0 saturated carbocycles. The number of hydrogen-bond donors (Lipinski definition) is 3. The van der Waals surface area contributed by atoms with Gasteiger partial charge in [-0.3, -0.25) is 0 Å². The molecule has 0 aliphatic heterocycles. The van der Waals surface area contributed by atoms with E-state index in [9.17, 15) is 8.42 Å². The first-order valence-electron chi connectivity index (χ1n) is 3.46. The molecule has 0 amide bonds. The molecule has 0 atom stereocenters. The van der Waals surface area contributed by atoms with Gasteiger partial charge in [0.05, 0.1) is 4.90 Å². The zero-order valence-corrected chi connectivity index (χ0v) is 9.19. The minimum absolute atomic E-state index is 0.211. The first-order valence-corrected chi connectivity index (χ1v) is 5.97. The molecule has 0 radical (unpaired) electrons. The van der Waals surface area contributed by atoms with E-state index in [1.54, 1.807) is 18.2 Å². The van der Waals surface area contributed by atoms with E-state index < -0.39 is 14.7 Å². The van der Waals surface area contributed by atoms with Gasteiger partial charge in [0.15, 0.2) is 0 Å². The highest BCUT2D eigenvalue weighted by atomic mass is 32.2. The van der Waals surface area contributed by atoms with E-state index in [0.29, 0.717) is 0 Å². The van der Waals surface area contributed by atoms with Crippen molar-refractivity contribution in [3.05, 3.63) is 30.3 Å². The summed E-state index contributed by atoms with van der Waals surface area (Å²) < 4.78 is 24.4. The molecule has 1 N–H and O–H groups in total. The lowest BCUT2D eigenvalue weighted by molar-refractivity contribution is 0.586. The largest absolute Gasteiger partial charge is 0.242 e. The third kappa shape index (κ3) is 3.22. The molecule has 3 nitrogen and oxygen atoms in total. The van der Waals surface area contributed by atoms with Gasteiger partial charge in [-0.2, -0.15) is 4.72 Å². The smallest absolute Gasteiger partial charge is 0.207 e. The van der Waals surface area contributed by atoms with Crippen LogP contribution in [-0.4, -0.2) is 13.1 Å². The molecule has 0 unspecified atom stereocenters. The van der Waals surface area contributed by atoms with Crippen LogP contribution in [0, 0.1) is 0 Å². The Hall–Kier alpha value is -0.170. The van der Waals surface area contributed by atoms with Crippen molar-refractivity contribution in [2.75, 3.05) is 0 Å². The first kappa shape index (κ1) is 10.9. The summed E-state index contributed by atoms with van der Waals surface area (Å²) in [4.78, 5) is 0.211. The highest BCUT2D eigenvalue weighted by molar-refractivity contribution is 8.00. The number of hydrogen-bond acceptors (Lipinski definition) is 4. The zero-order chi connectivity index (χ0) is 9.90. The lowest BCUT2D eigenvalue weighted by Gasteiger charge is -2.07. The van der Waals surface area contributed by atoms with Crippen LogP contribution in [0.5, 0.6) is 0 Å².